The maximum atomic E-state index is 11.9. The molecule has 0 rings (SSSR count). The van der Waals surface area contributed by atoms with Gasteiger partial charge < -0.3 is 13.3 Å². The molecule has 6 heteroatoms. The molecule has 0 aromatic rings. The van der Waals surface area contributed by atoms with Gasteiger partial charge in [0.25, 0.3) is 0 Å². The third-order valence-corrected chi connectivity index (χ3v) is 7.26. The van der Waals surface area contributed by atoms with Gasteiger partial charge in [-0.1, -0.05) is 44.9 Å². The van der Waals surface area contributed by atoms with Crippen molar-refractivity contribution in [3.63, 3.8) is 0 Å². The maximum absolute atomic E-state index is 11.9. The molecule has 0 aliphatic carbocycles. The molecule has 0 radical (unpaired) electrons. The summed E-state index contributed by atoms with van der Waals surface area (Å²) in [6.07, 6.45) is 4.77. The Kier molecular flexibility index (Phi) is 12.7. The van der Waals surface area contributed by atoms with Gasteiger partial charge in [-0.2, -0.15) is 0 Å². The van der Waals surface area contributed by atoms with Crippen LogP contribution in [0.5, 0.6) is 0 Å². The molecule has 0 aliphatic rings. The number of hydrogen-bond donors (Lipinski definition) is 0. The Morgan fingerprint density at radius 3 is 2.14 bits per heavy atom. The smallest absolute Gasteiger partial charge is 0.374 e. The Morgan fingerprint density at radius 1 is 1.05 bits per heavy atom. The molecular weight excluding hydrogens is 304 g/mol. The summed E-state index contributed by atoms with van der Waals surface area (Å²) < 4.78 is 17.7. The van der Waals surface area contributed by atoms with Crippen LogP contribution in [0, 0.1) is 0 Å². The summed E-state index contributed by atoms with van der Waals surface area (Å²) in [5, 5.41) is 0.198. The summed E-state index contributed by atoms with van der Waals surface area (Å²) >= 11 is 1.27. The average molecular weight is 337 g/mol. The van der Waals surface area contributed by atoms with Crippen molar-refractivity contribution in [1.29, 1.82) is 0 Å². The Hall–Kier alpha value is 0.117. The van der Waals surface area contributed by atoms with Gasteiger partial charge in [-0.25, -0.2) is 0 Å². The van der Waals surface area contributed by atoms with Crippen LogP contribution in [0.2, 0.25) is 6.04 Å². The number of carbonyl (C=O) groups excluding carboxylic acids is 1. The van der Waals surface area contributed by atoms with Crippen LogP contribution in [0.4, 0.5) is 0 Å². The summed E-state index contributed by atoms with van der Waals surface area (Å²) in [5.74, 6) is 0. The second kappa shape index (κ2) is 12.6. The van der Waals surface area contributed by atoms with E-state index < -0.39 is 8.80 Å². The largest absolute Gasteiger partial charge is 0.501 e. The fourth-order valence-corrected chi connectivity index (χ4v) is 5.99. The highest BCUT2D eigenvalue weighted by atomic mass is 32.2. The van der Waals surface area contributed by atoms with E-state index in [-0.39, 0.29) is 10.6 Å². The van der Waals surface area contributed by atoms with Crippen molar-refractivity contribution >= 4 is 25.7 Å². The molecule has 126 valence electrons. The molecule has 0 aliphatic heterocycles. The van der Waals surface area contributed by atoms with Gasteiger partial charge in [-0.05, 0) is 27.2 Å². The molecular formula is C15H32O4SSi. The van der Waals surface area contributed by atoms with Crippen LogP contribution in [0.25, 0.3) is 0 Å². The summed E-state index contributed by atoms with van der Waals surface area (Å²) in [7, 11) is -2.64. The predicted molar refractivity (Wildman–Crippen MR) is 91.4 cm³/mol. The standard InChI is InChI=1S/C15H32O4SSi/c1-6-10-11-12-15(16)20-14(5)19-21(13-7-2,17-8-3)18-9-4/h14H,6-13H2,1-5H3. The van der Waals surface area contributed by atoms with Crippen LogP contribution in [0.15, 0.2) is 0 Å². The fourth-order valence-electron chi connectivity index (χ4n) is 2.10. The Labute approximate surface area is 135 Å². The Bertz CT molecular complexity index is 259. The molecule has 0 heterocycles. The lowest BCUT2D eigenvalue weighted by molar-refractivity contribution is -0.111. The number of thioether (sulfide) groups is 1. The normalized spacial score (nSPS) is 13.4. The highest BCUT2D eigenvalue weighted by Gasteiger charge is 2.41. The van der Waals surface area contributed by atoms with Crippen molar-refractivity contribution in [2.45, 2.75) is 78.2 Å². The van der Waals surface area contributed by atoms with Crippen LogP contribution >= 0.6 is 11.8 Å². The zero-order chi connectivity index (χ0) is 16.1. The minimum atomic E-state index is -2.64. The first kappa shape index (κ1) is 21.1. The van der Waals surface area contributed by atoms with E-state index >= 15 is 0 Å². The Balaban J connectivity index is 4.43. The quantitative estimate of drug-likeness (QED) is 0.279. The SMILES string of the molecule is CCCCCC(=O)SC(C)O[Si](CCC)(OCC)OCC. The van der Waals surface area contributed by atoms with Crippen LogP contribution in [-0.4, -0.2) is 32.6 Å². The lowest BCUT2D eigenvalue weighted by atomic mass is 10.2. The van der Waals surface area contributed by atoms with Gasteiger partial charge in [0.1, 0.15) is 5.44 Å². The summed E-state index contributed by atoms with van der Waals surface area (Å²) in [6.45, 7) is 11.2. The van der Waals surface area contributed by atoms with Crippen molar-refractivity contribution in [3.8, 4) is 0 Å². The van der Waals surface area contributed by atoms with Crippen molar-refractivity contribution in [3.05, 3.63) is 0 Å². The third kappa shape index (κ3) is 9.68. The lowest BCUT2D eigenvalue weighted by Gasteiger charge is -2.31. The first-order valence-corrected chi connectivity index (χ1v) is 11.0. The number of rotatable bonds is 13. The molecule has 0 aromatic heterocycles. The van der Waals surface area contributed by atoms with E-state index in [1.807, 2.05) is 20.8 Å². The van der Waals surface area contributed by atoms with E-state index in [1.54, 1.807) is 0 Å². The topological polar surface area (TPSA) is 44.8 Å². The number of carbonyl (C=O) groups is 1. The minimum absolute atomic E-state index is 0.198. The van der Waals surface area contributed by atoms with Crippen molar-refractivity contribution in [1.82, 2.24) is 0 Å². The maximum Gasteiger partial charge on any atom is 0.501 e. The second-order valence-electron chi connectivity index (χ2n) is 4.93. The van der Waals surface area contributed by atoms with Crippen LogP contribution in [0.3, 0.4) is 0 Å². The first-order chi connectivity index (χ1) is 10.0. The predicted octanol–water partition coefficient (Wildman–Crippen LogP) is 4.61. The van der Waals surface area contributed by atoms with Crippen molar-refractivity contribution in [2.24, 2.45) is 0 Å². The van der Waals surface area contributed by atoms with Crippen LogP contribution in [-0.2, 0) is 18.1 Å². The molecule has 0 N–H and O–H groups in total. The second-order valence-corrected chi connectivity index (χ2v) is 8.97. The zero-order valence-corrected chi connectivity index (χ0v) is 16.1. The minimum Gasteiger partial charge on any atom is -0.374 e. The zero-order valence-electron chi connectivity index (χ0n) is 14.3. The van der Waals surface area contributed by atoms with Gasteiger partial charge in [-0.15, -0.1) is 0 Å². The fraction of sp³-hybridized carbons (Fsp3) is 0.933. The highest BCUT2D eigenvalue weighted by Crippen LogP contribution is 2.25. The van der Waals surface area contributed by atoms with Crippen LogP contribution in [0.1, 0.15) is 66.7 Å². The summed E-state index contributed by atoms with van der Waals surface area (Å²) in [6, 6.07) is 0.795. The highest BCUT2D eigenvalue weighted by molar-refractivity contribution is 8.14. The molecule has 0 spiro atoms. The van der Waals surface area contributed by atoms with Gasteiger partial charge in [0.15, 0.2) is 5.12 Å². The van der Waals surface area contributed by atoms with E-state index in [9.17, 15) is 4.79 Å². The Morgan fingerprint density at radius 2 is 1.67 bits per heavy atom. The molecule has 0 amide bonds. The molecule has 0 saturated carbocycles. The van der Waals surface area contributed by atoms with E-state index in [0.29, 0.717) is 19.6 Å². The van der Waals surface area contributed by atoms with Gasteiger partial charge in [0.2, 0.25) is 0 Å². The van der Waals surface area contributed by atoms with Crippen molar-refractivity contribution < 1.29 is 18.1 Å². The van der Waals surface area contributed by atoms with Gasteiger partial charge >= 0.3 is 8.80 Å². The van der Waals surface area contributed by atoms with E-state index in [2.05, 4.69) is 13.8 Å². The monoisotopic (exact) mass is 336 g/mol. The van der Waals surface area contributed by atoms with E-state index in [0.717, 1.165) is 31.7 Å². The molecule has 0 bridgehead atoms. The molecule has 0 saturated heterocycles. The van der Waals surface area contributed by atoms with Gasteiger partial charge in [0.05, 0.1) is 0 Å². The molecule has 0 fully saturated rings. The summed E-state index contributed by atoms with van der Waals surface area (Å²) in [4.78, 5) is 11.9. The average Bonchev–Trinajstić information content (AvgIpc) is 2.39. The third-order valence-electron chi connectivity index (χ3n) is 2.91. The lowest BCUT2D eigenvalue weighted by Crippen LogP contribution is -2.47. The number of hydrogen-bond acceptors (Lipinski definition) is 5. The van der Waals surface area contributed by atoms with E-state index in [1.165, 1.54) is 11.8 Å². The van der Waals surface area contributed by atoms with Gasteiger partial charge in [0, 0.05) is 25.7 Å². The molecule has 0 aromatic carbocycles. The molecule has 4 nitrogen and oxygen atoms in total. The first-order valence-electron chi connectivity index (χ1n) is 8.18. The number of unbranched alkanes of at least 4 members (excludes halogenated alkanes) is 2. The van der Waals surface area contributed by atoms with Crippen molar-refractivity contribution in [2.75, 3.05) is 13.2 Å². The van der Waals surface area contributed by atoms with Gasteiger partial charge in [-0.3, -0.25) is 4.79 Å². The molecule has 21 heavy (non-hydrogen) atoms. The molecule has 1 unspecified atom stereocenters. The molecule has 1 atom stereocenters. The van der Waals surface area contributed by atoms with E-state index in [4.69, 9.17) is 13.3 Å². The van der Waals surface area contributed by atoms with Crippen LogP contribution < -0.4 is 0 Å². The summed E-state index contributed by atoms with van der Waals surface area (Å²) in [5.41, 5.74) is -0.213.